The molecule has 1 saturated heterocycles. The van der Waals surface area contributed by atoms with E-state index in [-0.39, 0.29) is 18.9 Å². The third kappa shape index (κ3) is 6.05. The fourth-order valence-electron chi connectivity index (χ4n) is 1.01. The molecule has 0 aromatic rings. The van der Waals surface area contributed by atoms with E-state index in [2.05, 4.69) is 10.1 Å². The van der Waals surface area contributed by atoms with Crippen molar-refractivity contribution in [1.82, 2.24) is 5.32 Å². The Hall–Kier alpha value is -1.38. The number of ether oxygens (including phenoxy) is 1. The first kappa shape index (κ1) is 15.6. The summed E-state index contributed by atoms with van der Waals surface area (Å²) in [6.07, 6.45) is -5.74. The van der Waals surface area contributed by atoms with Crippen LogP contribution in [0.2, 0.25) is 0 Å². The summed E-state index contributed by atoms with van der Waals surface area (Å²) in [5.41, 5.74) is 0. The highest BCUT2D eigenvalue weighted by atomic mass is 19.4. The van der Waals surface area contributed by atoms with Crippen LogP contribution in [0.25, 0.3) is 0 Å². The predicted octanol–water partition coefficient (Wildman–Crippen LogP) is 0.493. The smallest absolute Gasteiger partial charge is 0.475 e. The third-order valence-corrected chi connectivity index (χ3v) is 1.81. The van der Waals surface area contributed by atoms with Crippen molar-refractivity contribution in [3.05, 3.63) is 0 Å². The minimum Gasteiger partial charge on any atom is -0.475 e. The maximum atomic E-state index is 12.4. The molecule has 17 heavy (non-hydrogen) atoms. The number of methoxy groups -OCH3 is 1. The summed E-state index contributed by atoms with van der Waals surface area (Å²) in [6.45, 7) is 0.264. The Labute approximate surface area is 93.7 Å². The van der Waals surface area contributed by atoms with Gasteiger partial charge < -0.3 is 15.2 Å². The van der Waals surface area contributed by atoms with E-state index >= 15 is 0 Å². The molecule has 0 aromatic heterocycles. The monoisotopic (exact) mass is 261 g/mol. The zero-order valence-electron chi connectivity index (χ0n) is 8.75. The van der Waals surface area contributed by atoms with Gasteiger partial charge in [0.05, 0.1) is 7.11 Å². The largest absolute Gasteiger partial charge is 0.490 e. The van der Waals surface area contributed by atoms with Crippen LogP contribution < -0.4 is 5.32 Å². The Balaban J connectivity index is 0.000000325. The number of halogens is 4. The minimum atomic E-state index is -5.08. The Kier molecular flexibility index (Phi) is 5.86. The molecule has 5 nitrogen and oxygen atoms in total. The van der Waals surface area contributed by atoms with Crippen LogP contribution in [0.1, 0.15) is 6.42 Å². The Morgan fingerprint density at radius 3 is 2.12 bits per heavy atom. The fourth-order valence-corrected chi connectivity index (χ4v) is 1.01. The second kappa shape index (κ2) is 6.38. The number of nitrogens with one attached hydrogen (secondary N) is 1. The summed E-state index contributed by atoms with van der Waals surface area (Å²) in [4.78, 5) is 19.6. The molecular formula is C8H11F4NO4. The maximum Gasteiger partial charge on any atom is 0.490 e. The summed E-state index contributed by atoms with van der Waals surface area (Å²) >= 11 is 0. The standard InChI is InChI=1S/C6H10FNO2.C2HF3O2/c1-10-6(9)5-2-4(7)3-8-5;3-2(4,5)1(6)7/h4-5,8H,2-3H2,1H3;(H,6,7)/t4-,5-;/m0./s1. The number of hydrogen-bond acceptors (Lipinski definition) is 4. The van der Waals surface area contributed by atoms with Crippen LogP contribution in [-0.4, -0.2) is 49.1 Å². The molecule has 0 aromatic carbocycles. The van der Waals surface area contributed by atoms with E-state index in [1.165, 1.54) is 7.11 Å². The van der Waals surface area contributed by atoms with E-state index in [1.807, 2.05) is 0 Å². The summed E-state index contributed by atoms with van der Waals surface area (Å²) in [5, 5.41) is 9.83. The van der Waals surface area contributed by atoms with E-state index in [0.717, 1.165) is 0 Å². The number of alkyl halides is 4. The van der Waals surface area contributed by atoms with Gasteiger partial charge in [-0.3, -0.25) is 4.79 Å². The molecule has 0 aliphatic carbocycles. The van der Waals surface area contributed by atoms with Gasteiger partial charge in [-0.1, -0.05) is 0 Å². The summed E-state index contributed by atoms with van der Waals surface area (Å²) in [6, 6.07) is -0.431. The number of aliphatic carboxylic acids is 1. The molecule has 0 bridgehead atoms. The van der Waals surface area contributed by atoms with E-state index in [1.54, 1.807) is 0 Å². The van der Waals surface area contributed by atoms with Gasteiger partial charge in [0.15, 0.2) is 0 Å². The van der Waals surface area contributed by atoms with E-state index in [9.17, 15) is 22.4 Å². The van der Waals surface area contributed by atoms with Crippen LogP contribution in [0, 0.1) is 0 Å². The molecular weight excluding hydrogens is 250 g/mol. The van der Waals surface area contributed by atoms with Crippen molar-refractivity contribution >= 4 is 11.9 Å². The van der Waals surface area contributed by atoms with E-state index in [0.29, 0.717) is 0 Å². The molecule has 1 aliphatic heterocycles. The van der Waals surface area contributed by atoms with Gasteiger partial charge in [-0.15, -0.1) is 0 Å². The quantitative estimate of drug-likeness (QED) is 0.531. The average molecular weight is 261 g/mol. The number of rotatable bonds is 1. The van der Waals surface area contributed by atoms with Crippen LogP contribution >= 0.6 is 0 Å². The highest BCUT2D eigenvalue weighted by Crippen LogP contribution is 2.13. The van der Waals surface area contributed by atoms with Gasteiger partial charge in [0.25, 0.3) is 0 Å². The molecule has 100 valence electrons. The summed E-state index contributed by atoms with van der Waals surface area (Å²) in [5.74, 6) is -3.13. The van der Waals surface area contributed by atoms with Gasteiger partial charge in [0.1, 0.15) is 12.2 Å². The first-order chi connectivity index (χ1) is 7.68. The highest BCUT2D eigenvalue weighted by Gasteiger charge is 2.38. The lowest BCUT2D eigenvalue weighted by Gasteiger charge is -2.04. The van der Waals surface area contributed by atoms with Gasteiger partial charge in [0.2, 0.25) is 0 Å². The van der Waals surface area contributed by atoms with Crippen molar-refractivity contribution in [3.8, 4) is 0 Å². The van der Waals surface area contributed by atoms with Crippen molar-refractivity contribution in [2.24, 2.45) is 0 Å². The first-order valence-electron chi connectivity index (χ1n) is 4.44. The van der Waals surface area contributed by atoms with Crippen molar-refractivity contribution < 1.29 is 37.0 Å². The predicted molar refractivity (Wildman–Crippen MR) is 47.0 cm³/mol. The Morgan fingerprint density at radius 1 is 1.41 bits per heavy atom. The third-order valence-electron chi connectivity index (χ3n) is 1.81. The highest BCUT2D eigenvalue weighted by molar-refractivity contribution is 5.76. The zero-order chi connectivity index (χ0) is 13.6. The molecule has 1 aliphatic rings. The molecule has 0 radical (unpaired) electrons. The molecule has 1 rings (SSSR count). The maximum absolute atomic E-state index is 12.4. The number of hydrogen-bond donors (Lipinski definition) is 2. The molecule has 2 N–H and O–H groups in total. The lowest BCUT2D eigenvalue weighted by atomic mass is 10.2. The Morgan fingerprint density at radius 2 is 1.88 bits per heavy atom. The van der Waals surface area contributed by atoms with Crippen LogP contribution in [0.5, 0.6) is 0 Å². The number of carbonyl (C=O) groups is 2. The summed E-state index contributed by atoms with van der Waals surface area (Å²) in [7, 11) is 1.30. The van der Waals surface area contributed by atoms with Crippen molar-refractivity contribution in [1.29, 1.82) is 0 Å². The van der Waals surface area contributed by atoms with Gasteiger partial charge in [-0.05, 0) is 0 Å². The van der Waals surface area contributed by atoms with Crippen LogP contribution in [0.4, 0.5) is 17.6 Å². The van der Waals surface area contributed by atoms with Crippen LogP contribution in [0.3, 0.4) is 0 Å². The molecule has 0 saturated carbocycles. The molecule has 1 heterocycles. The van der Waals surface area contributed by atoms with Crippen molar-refractivity contribution in [2.75, 3.05) is 13.7 Å². The molecule has 0 amide bonds. The van der Waals surface area contributed by atoms with Crippen molar-refractivity contribution in [3.63, 3.8) is 0 Å². The molecule has 2 atom stereocenters. The van der Waals surface area contributed by atoms with Gasteiger partial charge in [0, 0.05) is 13.0 Å². The number of carboxylic acids is 1. The first-order valence-corrected chi connectivity index (χ1v) is 4.44. The van der Waals surface area contributed by atoms with Crippen LogP contribution in [0.15, 0.2) is 0 Å². The number of esters is 1. The molecule has 1 fully saturated rings. The fraction of sp³-hybridized carbons (Fsp3) is 0.750. The second-order valence-electron chi connectivity index (χ2n) is 3.12. The van der Waals surface area contributed by atoms with Gasteiger partial charge in [-0.25, -0.2) is 9.18 Å². The number of carbonyl (C=O) groups excluding carboxylic acids is 1. The lowest BCUT2D eigenvalue weighted by Crippen LogP contribution is -2.31. The number of carboxylic acid groups (broad SMARTS) is 1. The molecule has 0 spiro atoms. The summed E-state index contributed by atoms with van der Waals surface area (Å²) < 4.78 is 48.6. The average Bonchev–Trinajstić information content (AvgIpc) is 2.63. The molecule has 0 unspecified atom stereocenters. The second-order valence-corrected chi connectivity index (χ2v) is 3.12. The Bertz CT molecular complexity index is 281. The van der Waals surface area contributed by atoms with Crippen molar-refractivity contribution in [2.45, 2.75) is 24.8 Å². The normalized spacial score (nSPS) is 23.6. The minimum absolute atomic E-state index is 0.243. The van der Waals surface area contributed by atoms with Gasteiger partial charge in [-0.2, -0.15) is 13.2 Å². The van der Waals surface area contributed by atoms with E-state index < -0.39 is 24.4 Å². The lowest BCUT2D eigenvalue weighted by molar-refractivity contribution is -0.192. The molecule has 9 heteroatoms. The topological polar surface area (TPSA) is 75.6 Å². The van der Waals surface area contributed by atoms with Gasteiger partial charge >= 0.3 is 18.1 Å². The van der Waals surface area contributed by atoms with Crippen LogP contribution in [-0.2, 0) is 14.3 Å². The van der Waals surface area contributed by atoms with E-state index in [4.69, 9.17) is 9.90 Å². The SMILES string of the molecule is COC(=O)[C@@H]1C[C@H](F)CN1.O=C(O)C(F)(F)F. The zero-order valence-corrected chi connectivity index (χ0v) is 8.75.